The lowest BCUT2D eigenvalue weighted by atomic mass is 10.0. The lowest BCUT2D eigenvalue weighted by Gasteiger charge is -2.32. The Morgan fingerprint density at radius 1 is 1.37 bits per heavy atom. The summed E-state index contributed by atoms with van der Waals surface area (Å²) in [5.41, 5.74) is 0. The molecule has 1 aliphatic rings. The van der Waals surface area contributed by atoms with E-state index in [4.69, 9.17) is 9.47 Å². The summed E-state index contributed by atoms with van der Waals surface area (Å²) in [7, 11) is 1.69. The van der Waals surface area contributed by atoms with Crippen molar-refractivity contribution in [3.8, 4) is 0 Å². The standard InChI is InChI=1S/C12H23N5O2/c1-10(2)11(16-4-8-19-9-5-16)12-13-14-15-17(12)6-7-18-3/h10-11H,4-9H2,1-3H3/p+1/t11-/m1/s1. The lowest BCUT2D eigenvalue weighted by molar-refractivity contribution is -0.943. The van der Waals surface area contributed by atoms with E-state index in [1.54, 1.807) is 7.11 Å². The zero-order valence-electron chi connectivity index (χ0n) is 12.0. The molecule has 1 atom stereocenters. The molecule has 2 rings (SSSR count). The van der Waals surface area contributed by atoms with Crippen LogP contribution in [0.4, 0.5) is 0 Å². The molecule has 0 amide bonds. The van der Waals surface area contributed by atoms with Crippen LogP contribution < -0.4 is 4.90 Å². The molecule has 1 aromatic rings. The molecule has 0 bridgehead atoms. The Bertz CT molecular complexity index is 376. The minimum Gasteiger partial charge on any atom is -0.383 e. The number of methoxy groups -OCH3 is 1. The predicted octanol–water partition coefficient (Wildman–Crippen LogP) is -1.07. The molecule has 7 nitrogen and oxygen atoms in total. The molecule has 1 aliphatic heterocycles. The monoisotopic (exact) mass is 270 g/mol. The molecule has 1 fully saturated rings. The van der Waals surface area contributed by atoms with Gasteiger partial charge >= 0.3 is 0 Å². The van der Waals surface area contributed by atoms with Crippen molar-refractivity contribution < 1.29 is 14.4 Å². The molecule has 0 radical (unpaired) electrons. The molecule has 1 N–H and O–H groups in total. The summed E-state index contributed by atoms with van der Waals surface area (Å²) in [4.78, 5) is 1.51. The van der Waals surface area contributed by atoms with Gasteiger partial charge in [-0.2, -0.15) is 0 Å². The van der Waals surface area contributed by atoms with E-state index in [9.17, 15) is 0 Å². The SMILES string of the molecule is COCCn1nnnc1[C@@H](C(C)C)[NH+]1CCOCC1. The van der Waals surface area contributed by atoms with Crippen molar-refractivity contribution in [3.63, 3.8) is 0 Å². The first-order valence-corrected chi connectivity index (χ1v) is 6.91. The first-order chi connectivity index (χ1) is 9.24. The van der Waals surface area contributed by atoms with Gasteiger partial charge in [0, 0.05) is 13.0 Å². The molecule has 1 saturated heterocycles. The van der Waals surface area contributed by atoms with E-state index in [0.717, 1.165) is 32.1 Å². The van der Waals surface area contributed by atoms with Crippen molar-refractivity contribution in [2.75, 3.05) is 40.0 Å². The van der Waals surface area contributed by atoms with Crippen LogP contribution in [0.25, 0.3) is 0 Å². The van der Waals surface area contributed by atoms with E-state index in [1.807, 2.05) is 4.68 Å². The quantitative estimate of drug-likeness (QED) is 0.713. The van der Waals surface area contributed by atoms with Crippen molar-refractivity contribution in [1.29, 1.82) is 0 Å². The van der Waals surface area contributed by atoms with Gasteiger partial charge in [0.25, 0.3) is 0 Å². The summed E-state index contributed by atoms with van der Waals surface area (Å²) >= 11 is 0. The van der Waals surface area contributed by atoms with Crippen LogP contribution >= 0.6 is 0 Å². The van der Waals surface area contributed by atoms with E-state index < -0.39 is 0 Å². The summed E-state index contributed by atoms with van der Waals surface area (Å²) in [6.45, 7) is 9.44. The van der Waals surface area contributed by atoms with Gasteiger partial charge in [-0.1, -0.05) is 13.8 Å². The number of hydrogen-bond acceptors (Lipinski definition) is 5. The van der Waals surface area contributed by atoms with Gasteiger partial charge in [-0.3, -0.25) is 0 Å². The van der Waals surface area contributed by atoms with Gasteiger partial charge < -0.3 is 14.4 Å². The second-order valence-corrected chi connectivity index (χ2v) is 5.25. The van der Waals surface area contributed by atoms with Crippen molar-refractivity contribution in [3.05, 3.63) is 5.82 Å². The number of nitrogens with one attached hydrogen (secondary N) is 1. The van der Waals surface area contributed by atoms with Gasteiger partial charge in [0.15, 0.2) is 6.04 Å². The van der Waals surface area contributed by atoms with Crippen LogP contribution in [0, 0.1) is 5.92 Å². The maximum atomic E-state index is 5.44. The fourth-order valence-corrected chi connectivity index (χ4v) is 2.67. The Kier molecular flexibility index (Phi) is 5.24. The molecule has 108 valence electrons. The highest BCUT2D eigenvalue weighted by molar-refractivity contribution is 4.89. The zero-order valence-corrected chi connectivity index (χ0v) is 12.0. The Labute approximate surface area is 113 Å². The molecule has 0 spiro atoms. The predicted molar refractivity (Wildman–Crippen MR) is 68.8 cm³/mol. The summed E-state index contributed by atoms with van der Waals surface area (Å²) in [5.74, 6) is 1.45. The normalized spacial score (nSPS) is 18.9. The van der Waals surface area contributed by atoms with Crippen molar-refractivity contribution in [2.24, 2.45) is 5.92 Å². The van der Waals surface area contributed by atoms with Gasteiger partial charge in [-0.15, -0.1) is 5.10 Å². The Hall–Kier alpha value is -1.05. The Morgan fingerprint density at radius 3 is 2.74 bits per heavy atom. The second-order valence-electron chi connectivity index (χ2n) is 5.25. The number of morpholine rings is 1. The average molecular weight is 270 g/mol. The van der Waals surface area contributed by atoms with E-state index in [-0.39, 0.29) is 0 Å². The largest absolute Gasteiger partial charge is 0.383 e. The Balaban J connectivity index is 2.16. The number of ether oxygens (including phenoxy) is 2. The maximum absolute atomic E-state index is 5.44. The molecule has 1 aromatic heterocycles. The van der Waals surface area contributed by atoms with Gasteiger partial charge in [-0.25, -0.2) is 4.68 Å². The highest BCUT2D eigenvalue weighted by atomic mass is 16.5. The third kappa shape index (κ3) is 3.49. The molecule has 0 saturated carbocycles. The topological polar surface area (TPSA) is 66.5 Å². The third-order valence-electron chi connectivity index (χ3n) is 3.59. The van der Waals surface area contributed by atoms with Crippen LogP contribution in [0.3, 0.4) is 0 Å². The van der Waals surface area contributed by atoms with Crippen LogP contribution in [0.1, 0.15) is 25.7 Å². The van der Waals surface area contributed by atoms with Crippen LogP contribution in [0.5, 0.6) is 0 Å². The number of rotatable bonds is 6. The highest BCUT2D eigenvalue weighted by Crippen LogP contribution is 2.16. The summed E-state index contributed by atoms with van der Waals surface area (Å²) in [5, 5.41) is 12.2. The molecule has 0 aliphatic carbocycles. The number of hydrogen-bond donors (Lipinski definition) is 1. The number of quaternary nitrogens is 1. The van der Waals surface area contributed by atoms with Gasteiger partial charge in [0.1, 0.15) is 13.1 Å². The van der Waals surface area contributed by atoms with Crippen LogP contribution in [0.15, 0.2) is 0 Å². The third-order valence-corrected chi connectivity index (χ3v) is 3.59. The van der Waals surface area contributed by atoms with E-state index in [1.165, 1.54) is 4.90 Å². The van der Waals surface area contributed by atoms with Crippen LogP contribution in [0.2, 0.25) is 0 Å². The fraction of sp³-hybridized carbons (Fsp3) is 0.917. The van der Waals surface area contributed by atoms with Crippen molar-refractivity contribution >= 4 is 0 Å². The van der Waals surface area contributed by atoms with E-state index in [0.29, 0.717) is 25.1 Å². The minimum atomic E-state index is 0.316. The average Bonchev–Trinajstić information content (AvgIpc) is 2.85. The first-order valence-electron chi connectivity index (χ1n) is 6.91. The highest BCUT2D eigenvalue weighted by Gasteiger charge is 2.33. The van der Waals surface area contributed by atoms with Crippen molar-refractivity contribution in [2.45, 2.75) is 26.4 Å². The maximum Gasteiger partial charge on any atom is 0.209 e. The number of tetrazole rings is 1. The molecule has 7 heteroatoms. The summed E-state index contributed by atoms with van der Waals surface area (Å²) in [6, 6.07) is 0.316. The van der Waals surface area contributed by atoms with Gasteiger partial charge in [0.05, 0.1) is 26.4 Å². The van der Waals surface area contributed by atoms with E-state index in [2.05, 4.69) is 29.4 Å². The minimum absolute atomic E-state index is 0.316. The van der Waals surface area contributed by atoms with Gasteiger partial charge in [-0.05, 0) is 10.4 Å². The Morgan fingerprint density at radius 2 is 2.11 bits per heavy atom. The van der Waals surface area contributed by atoms with Gasteiger partial charge in [0.2, 0.25) is 5.82 Å². The molecular formula is C12H24N5O2+. The summed E-state index contributed by atoms with van der Waals surface area (Å²) < 4.78 is 12.4. The molecule has 2 heterocycles. The van der Waals surface area contributed by atoms with Crippen LogP contribution in [-0.4, -0.2) is 60.2 Å². The molecular weight excluding hydrogens is 246 g/mol. The molecule has 0 unspecified atom stereocenters. The summed E-state index contributed by atoms with van der Waals surface area (Å²) in [6.07, 6.45) is 0. The lowest BCUT2D eigenvalue weighted by Crippen LogP contribution is -3.15. The molecule has 0 aromatic carbocycles. The number of aromatic nitrogens is 4. The zero-order chi connectivity index (χ0) is 13.7. The molecule has 19 heavy (non-hydrogen) atoms. The van der Waals surface area contributed by atoms with Crippen molar-refractivity contribution in [1.82, 2.24) is 20.2 Å². The van der Waals surface area contributed by atoms with E-state index >= 15 is 0 Å². The number of nitrogens with zero attached hydrogens (tertiary/aromatic N) is 4. The smallest absolute Gasteiger partial charge is 0.209 e. The van der Waals surface area contributed by atoms with Crippen LogP contribution in [-0.2, 0) is 16.0 Å². The first kappa shape index (κ1) is 14.4. The second kappa shape index (κ2) is 6.93. The fourth-order valence-electron chi connectivity index (χ4n) is 2.67.